The van der Waals surface area contributed by atoms with Gasteiger partial charge in [-0.25, -0.2) is 4.39 Å². The number of amides is 2. The summed E-state index contributed by atoms with van der Waals surface area (Å²) in [7, 11) is 1.56. The first-order valence-electron chi connectivity index (χ1n) is 8.73. The van der Waals surface area contributed by atoms with Crippen molar-refractivity contribution in [2.45, 2.75) is 24.2 Å². The highest BCUT2D eigenvalue weighted by Gasteiger charge is 2.24. The van der Waals surface area contributed by atoms with Gasteiger partial charge < -0.3 is 15.0 Å². The lowest BCUT2D eigenvalue weighted by Crippen LogP contribution is -2.24. The van der Waals surface area contributed by atoms with Gasteiger partial charge >= 0.3 is 0 Å². The molecule has 2 aromatic carbocycles. The Kier molecular flexibility index (Phi) is 6.34. The van der Waals surface area contributed by atoms with E-state index in [2.05, 4.69) is 5.32 Å². The first-order valence-corrected chi connectivity index (χ1v) is 9.72. The molecule has 1 aliphatic heterocycles. The Balaban J connectivity index is 1.58. The number of methoxy groups -OCH3 is 1. The van der Waals surface area contributed by atoms with Crippen molar-refractivity contribution in [1.29, 1.82) is 0 Å². The molecule has 0 aromatic heterocycles. The number of carbonyl (C=O) groups is 2. The van der Waals surface area contributed by atoms with Crippen LogP contribution in [0.5, 0.6) is 5.75 Å². The largest absolute Gasteiger partial charge is 0.495 e. The van der Waals surface area contributed by atoms with Crippen LogP contribution in [-0.4, -0.2) is 31.2 Å². The van der Waals surface area contributed by atoms with E-state index in [9.17, 15) is 14.0 Å². The lowest BCUT2D eigenvalue weighted by atomic mass is 10.2. The van der Waals surface area contributed by atoms with Crippen LogP contribution in [0.2, 0.25) is 0 Å². The quantitative estimate of drug-likeness (QED) is 0.726. The average Bonchev–Trinajstić information content (AvgIpc) is 3.09. The fourth-order valence-corrected chi connectivity index (χ4v) is 3.75. The number of halogens is 1. The molecule has 1 aliphatic rings. The Morgan fingerprint density at radius 1 is 1.26 bits per heavy atom. The maximum absolute atomic E-state index is 12.9. The molecule has 0 saturated carbocycles. The van der Waals surface area contributed by atoms with Crippen molar-refractivity contribution in [2.75, 3.05) is 29.6 Å². The van der Waals surface area contributed by atoms with E-state index in [4.69, 9.17) is 4.74 Å². The smallest absolute Gasteiger partial charge is 0.227 e. The number of rotatable bonds is 7. The van der Waals surface area contributed by atoms with Crippen LogP contribution in [0.25, 0.3) is 0 Å². The highest BCUT2D eigenvalue weighted by Crippen LogP contribution is 2.34. The van der Waals surface area contributed by atoms with E-state index in [1.54, 1.807) is 42.3 Å². The highest BCUT2D eigenvalue weighted by molar-refractivity contribution is 7.99. The van der Waals surface area contributed by atoms with Gasteiger partial charge in [0.05, 0.1) is 12.8 Å². The van der Waals surface area contributed by atoms with Gasteiger partial charge in [0.1, 0.15) is 11.6 Å². The standard InChI is InChI=1S/C20H21FN2O3S/c1-26-18-9-6-15(13-17(18)23-11-2-3-20(23)25)22-19(24)10-12-27-16-7-4-14(21)5-8-16/h4-9,13H,2-3,10-12H2,1H3,(H,22,24). The van der Waals surface area contributed by atoms with Gasteiger partial charge in [-0.2, -0.15) is 0 Å². The number of nitrogens with one attached hydrogen (secondary N) is 1. The molecule has 27 heavy (non-hydrogen) atoms. The molecule has 5 nitrogen and oxygen atoms in total. The topological polar surface area (TPSA) is 58.6 Å². The van der Waals surface area contributed by atoms with E-state index in [1.807, 2.05) is 0 Å². The molecule has 0 spiro atoms. The van der Waals surface area contributed by atoms with Gasteiger partial charge in [-0.15, -0.1) is 11.8 Å². The Hall–Kier alpha value is -2.54. The van der Waals surface area contributed by atoms with Gasteiger partial charge in [0.2, 0.25) is 11.8 Å². The highest BCUT2D eigenvalue weighted by atomic mass is 32.2. The number of benzene rings is 2. The molecular weight excluding hydrogens is 367 g/mol. The fourth-order valence-electron chi connectivity index (χ4n) is 2.90. The summed E-state index contributed by atoms with van der Waals surface area (Å²) < 4.78 is 18.2. The summed E-state index contributed by atoms with van der Waals surface area (Å²) in [6.07, 6.45) is 1.67. The Morgan fingerprint density at radius 2 is 2.04 bits per heavy atom. The summed E-state index contributed by atoms with van der Waals surface area (Å²) in [5.41, 5.74) is 1.31. The summed E-state index contributed by atoms with van der Waals surface area (Å²) in [6, 6.07) is 11.5. The average molecular weight is 388 g/mol. The summed E-state index contributed by atoms with van der Waals surface area (Å²) in [4.78, 5) is 26.9. The van der Waals surface area contributed by atoms with Crippen molar-refractivity contribution in [3.05, 3.63) is 48.3 Å². The molecule has 0 atom stereocenters. The van der Waals surface area contributed by atoms with E-state index in [1.165, 1.54) is 23.9 Å². The lowest BCUT2D eigenvalue weighted by molar-refractivity contribution is -0.117. The molecule has 0 unspecified atom stereocenters. The van der Waals surface area contributed by atoms with Crippen molar-refractivity contribution in [2.24, 2.45) is 0 Å². The summed E-state index contributed by atoms with van der Waals surface area (Å²) in [5, 5.41) is 2.86. The van der Waals surface area contributed by atoms with E-state index >= 15 is 0 Å². The van der Waals surface area contributed by atoms with Gasteiger partial charge in [0, 0.05) is 35.7 Å². The molecule has 1 fully saturated rings. The fraction of sp³-hybridized carbons (Fsp3) is 0.300. The number of nitrogens with zero attached hydrogens (tertiary/aromatic N) is 1. The van der Waals surface area contributed by atoms with Crippen molar-refractivity contribution >= 4 is 35.0 Å². The second-order valence-corrected chi connectivity index (χ2v) is 7.30. The molecule has 142 valence electrons. The van der Waals surface area contributed by atoms with Crippen LogP contribution in [0.15, 0.2) is 47.4 Å². The minimum Gasteiger partial charge on any atom is -0.495 e. The van der Waals surface area contributed by atoms with Crippen LogP contribution in [0, 0.1) is 5.82 Å². The molecule has 1 saturated heterocycles. The predicted molar refractivity (Wildman–Crippen MR) is 105 cm³/mol. The number of ether oxygens (including phenoxy) is 1. The number of anilines is 2. The summed E-state index contributed by atoms with van der Waals surface area (Å²) in [5.74, 6) is 0.866. The van der Waals surface area contributed by atoms with Gasteiger partial charge in [0.15, 0.2) is 0 Å². The predicted octanol–water partition coefficient (Wildman–Crippen LogP) is 4.08. The van der Waals surface area contributed by atoms with Crippen molar-refractivity contribution in [3.63, 3.8) is 0 Å². The minimum atomic E-state index is -0.274. The van der Waals surface area contributed by atoms with E-state index in [0.717, 1.165) is 11.3 Å². The van der Waals surface area contributed by atoms with Gasteiger partial charge in [-0.1, -0.05) is 0 Å². The van der Waals surface area contributed by atoms with E-state index in [0.29, 0.717) is 42.3 Å². The maximum atomic E-state index is 12.9. The second-order valence-electron chi connectivity index (χ2n) is 6.14. The summed E-state index contributed by atoms with van der Waals surface area (Å²) >= 11 is 1.50. The first kappa shape index (κ1) is 19.2. The van der Waals surface area contributed by atoms with E-state index in [-0.39, 0.29) is 17.6 Å². The van der Waals surface area contributed by atoms with Crippen LogP contribution in [0.1, 0.15) is 19.3 Å². The second kappa shape index (κ2) is 8.90. The van der Waals surface area contributed by atoms with Crippen molar-refractivity contribution in [3.8, 4) is 5.75 Å². The lowest BCUT2D eigenvalue weighted by Gasteiger charge is -2.20. The van der Waals surface area contributed by atoms with Crippen molar-refractivity contribution < 1.29 is 18.7 Å². The Morgan fingerprint density at radius 3 is 2.70 bits per heavy atom. The number of hydrogen-bond donors (Lipinski definition) is 1. The SMILES string of the molecule is COc1ccc(NC(=O)CCSc2ccc(F)cc2)cc1N1CCCC1=O. The third kappa shape index (κ3) is 5.01. The number of hydrogen-bond acceptors (Lipinski definition) is 4. The van der Waals surface area contributed by atoms with Crippen LogP contribution in [0.3, 0.4) is 0 Å². The zero-order valence-electron chi connectivity index (χ0n) is 15.0. The van der Waals surface area contributed by atoms with Gasteiger partial charge in [-0.3, -0.25) is 9.59 Å². The van der Waals surface area contributed by atoms with E-state index < -0.39 is 0 Å². The molecule has 0 aliphatic carbocycles. The summed E-state index contributed by atoms with van der Waals surface area (Å²) in [6.45, 7) is 0.654. The molecule has 7 heteroatoms. The Bertz CT molecular complexity index is 826. The molecular formula is C20H21FN2O3S. The molecule has 0 radical (unpaired) electrons. The third-order valence-electron chi connectivity index (χ3n) is 4.24. The van der Waals surface area contributed by atoms with Gasteiger partial charge in [-0.05, 0) is 48.9 Å². The van der Waals surface area contributed by atoms with Crippen LogP contribution in [0.4, 0.5) is 15.8 Å². The number of carbonyl (C=O) groups excluding carboxylic acids is 2. The monoisotopic (exact) mass is 388 g/mol. The molecule has 2 amide bonds. The minimum absolute atomic E-state index is 0.0625. The Labute approximate surface area is 161 Å². The number of thioether (sulfide) groups is 1. The van der Waals surface area contributed by atoms with Crippen LogP contribution in [-0.2, 0) is 9.59 Å². The maximum Gasteiger partial charge on any atom is 0.227 e. The molecule has 1 N–H and O–H groups in total. The zero-order chi connectivity index (χ0) is 19.2. The van der Waals surface area contributed by atoms with Crippen LogP contribution >= 0.6 is 11.8 Å². The zero-order valence-corrected chi connectivity index (χ0v) is 15.9. The van der Waals surface area contributed by atoms with Gasteiger partial charge in [0.25, 0.3) is 0 Å². The normalized spacial score (nSPS) is 13.7. The molecule has 3 rings (SSSR count). The molecule has 0 bridgehead atoms. The molecule has 2 aromatic rings. The first-order chi connectivity index (χ1) is 13.1. The van der Waals surface area contributed by atoms with Crippen molar-refractivity contribution in [1.82, 2.24) is 0 Å². The van der Waals surface area contributed by atoms with Crippen LogP contribution < -0.4 is 15.0 Å². The molecule has 1 heterocycles. The third-order valence-corrected chi connectivity index (χ3v) is 5.25.